The van der Waals surface area contributed by atoms with E-state index in [0.29, 0.717) is 36.5 Å². The number of hydrogen-bond donors (Lipinski definition) is 0. The summed E-state index contributed by atoms with van der Waals surface area (Å²) >= 11 is 0. The van der Waals surface area contributed by atoms with Crippen LogP contribution in [0.4, 0.5) is 0 Å². The van der Waals surface area contributed by atoms with Crippen LogP contribution in [0.2, 0.25) is 0 Å². The van der Waals surface area contributed by atoms with Crippen molar-refractivity contribution in [2.24, 2.45) is 7.05 Å². The molecule has 0 spiro atoms. The molecule has 3 rings (SSSR count). The summed E-state index contributed by atoms with van der Waals surface area (Å²) in [6, 6.07) is 3.56. The molecule has 9 nitrogen and oxygen atoms in total. The fourth-order valence-corrected chi connectivity index (χ4v) is 2.51. The molecule has 1 amide bonds. The SMILES string of the molecule is COCCN(Cc1ccco1)C(=O)Cn1cnc2c(cnn2C)c1=O. The number of fused-ring (bicyclic) bond motifs is 1. The minimum Gasteiger partial charge on any atom is -0.467 e. The molecule has 9 heteroatoms. The molecule has 25 heavy (non-hydrogen) atoms. The van der Waals surface area contributed by atoms with Crippen LogP contribution >= 0.6 is 0 Å². The van der Waals surface area contributed by atoms with Crippen LogP contribution < -0.4 is 5.56 Å². The molecule has 0 unspecified atom stereocenters. The van der Waals surface area contributed by atoms with E-state index >= 15 is 0 Å². The summed E-state index contributed by atoms with van der Waals surface area (Å²) in [5.41, 5.74) is 0.191. The largest absolute Gasteiger partial charge is 0.467 e. The third-order valence-corrected chi connectivity index (χ3v) is 3.87. The molecular formula is C16H19N5O4. The molecule has 3 aromatic rings. The first-order valence-corrected chi connectivity index (χ1v) is 7.76. The second kappa shape index (κ2) is 7.31. The van der Waals surface area contributed by atoms with Gasteiger partial charge in [-0.3, -0.25) is 18.8 Å². The molecule has 0 aliphatic heterocycles. The zero-order chi connectivity index (χ0) is 17.8. The number of carbonyl (C=O) groups is 1. The lowest BCUT2D eigenvalue weighted by Crippen LogP contribution is -2.38. The highest BCUT2D eigenvalue weighted by Gasteiger charge is 2.17. The fraction of sp³-hybridized carbons (Fsp3) is 0.375. The standard InChI is InChI=1S/C16H19N5O4/c1-19-15-13(8-18-19)16(23)21(11-17-15)10-14(22)20(5-7-24-2)9-12-4-3-6-25-12/h3-4,6,8,11H,5,7,9-10H2,1-2H3. The minimum atomic E-state index is -0.295. The Balaban J connectivity index is 1.80. The zero-order valence-electron chi connectivity index (χ0n) is 14.1. The number of aromatic nitrogens is 4. The first-order chi connectivity index (χ1) is 12.1. The third kappa shape index (κ3) is 3.61. The number of methoxy groups -OCH3 is 1. The molecule has 0 fully saturated rings. The van der Waals surface area contributed by atoms with E-state index in [9.17, 15) is 9.59 Å². The Hall–Kier alpha value is -2.94. The normalized spacial score (nSPS) is 11.1. The molecule has 0 atom stereocenters. The first kappa shape index (κ1) is 16.9. The Morgan fingerprint density at radius 3 is 3.00 bits per heavy atom. The molecule has 132 valence electrons. The molecule has 0 aromatic carbocycles. The van der Waals surface area contributed by atoms with Gasteiger partial charge in [0.2, 0.25) is 5.91 Å². The Labute approximate surface area is 143 Å². The molecule has 0 aliphatic carbocycles. The molecule has 0 N–H and O–H groups in total. The van der Waals surface area contributed by atoms with Gasteiger partial charge in [0, 0.05) is 20.7 Å². The van der Waals surface area contributed by atoms with Gasteiger partial charge in [-0.25, -0.2) is 4.98 Å². The maximum absolute atomic E-state index is 12.7. The van der Waals surface area contributed by atoms with Crippen molar-refractivity contribution in [3.8, 4) is 0 Å². The van der Waals surface area contributed by atoms with Crippen molar-refractivity contribution in [2.45, 2.75) is 13.1 Å². The van der Waals surface area contributed by atoms with E-state index < -0.39 is 0 Å². The van der Waals surface area contributed by atoms with E-state index in [-0.39, 0.29) is 18.0 Å². The number of hydrogen-bond acceptors (Lipinski definition) is 6. The second-order valence-electron chi connectivity index (χ2n) is 5.57. The summed E-state index contributed by atoms with van der Waals surface area (Å²) in [7, 11) is 3.28. The first-order valence-electron chi connectivity index (χ1n) is 7.76. The molecule has 3 heterocycles. The monoisotopic (exact) mass is 345 g/mol. The molecule has 0 radical (unpaired) electrons. The van der Waals surface area contributed by atoms with Crippen LogP contribution in [0.1, 0.15) is 5.76 Å². The van der Waals surface area contributed by atoms with Crippen LogP contribution in [0, 0.1) is 0 Å². The third-order valence-electron chi connectivity index (χ3n) is 3.87. The predicted molar refractivity (Wildman–Crippen MR) is 88.8 cm³/mol. The predicted octanol–water partition coefficient (Wildman–Crippen LogP) is 0.398. The van der Waals surface area contributed by atoms with Gasteiger partial charge in [0.05, 0.1) is 25.6 Å². The van der Waals surface area contributed by atoms with Crippen LogP contribution in [0.3, 0.4) is 0 Å². The number of aryl methyl sites for hydroxylation is 1. The number of nitrogens with zero attached hydrogens (tertiary/aromatic N) is 5. The van der Waals surface area contributed by atoms with Gasteiger partial charge in [0.15, 0.2) is 5.65 Å². The van der Waals surface area contributed by atoms with Crippen LogP contribution in [0.25, 0.3) is 11.0 Å². The van der Waals surface area contributed by atoms with Gasteiger partial charge in [-0.05, 0) is 12.1 Å². The number of carbonyl (C=O) groups excluding carboxylic acids is 1. The maximum atomic E-state index is 12.7. The number of furan rings is 1. The van der Waals surface area contributed by atoms with Crippen LogP contribution in [-0.4, -0.2) is 50.4 Å². The molecule has 0 bridgehead atoms. The van der Waals surface area contributed by atoms with Gasteiger partial charge in [-0.2, -0.15) is 5.10 Å². The van der Waals surface area contributed by atoms with Crippen LogP contribution in [-0.2, 0) is 29.7 Å². The van der Waals surface area contributed by atoms with Gasteiger partial charge in [0.1, 0.15) is 24.0 Å². The molecular weight excluding hydrogens is 326 g/mol. The van der Waals surface area contributed by atoms with E-state index in [4.69, 9.17) is 9.15 Å². The summed E-state index contributed by atoms with van der Waals surface area (Å²) < 4.78 is 13.2. The van der Waals surface area contributed by atoms with Crippen molar-refractivity contribution in [2.75, 3.05) is 20.3 Å². The second-order valence-corrected chi connectivity index (χ2v) is 5.57. The number of ether oxygens (including phenoxy) is 1. The van der Waals surface area contributed by atoms with Gasteiger partial charge in [0.25, 0.3) is 5.56 Å². The van der Waals surface area contributed by atoms with Crippen molar-refractivity contribution in [1.82, 2.24) is 24.2 Å². The topological polar surface area (TPSA) is 95.4 Å². The summed E-state index contributed by atoms with van der Waals surface area (Å²) in [6.07, 6.45) is 4.38. The molecule has 0 saturated heterocycles. The summed E-state index contributed by atoms with van der Waals surface area (Å²) in [5.74, 6) is 0.443. The van der Waals surface area contributed by atoms with E-state index in [1.54, 1.807) is 37.5 Å². The Morgan fingerprint density at radius 2 is 2.28 bits per heavy atom. The molecule has 0 aliphatic rings. The number of amides is 1. The molecule has 0 saturated carbocycles. The highest BCUT2D eigenvalue weighted by Crippen LogP contribution is 2.07. The highest BCUT2D eigenvalue weighted by molar-refractivity contribution is 5.77. The van der Waals surface area contributed by atoms with Gasteiger partial charge in [-0.15, -0.1) is 0 Å². The lowest BCUT2D eigenvalue weighted by Gasteiger charge is -2.21. The summed E-state index contributed by atoms with van der Waals surface area (Å²) in [6.45, 7) is 0.988. The smallest absolute Gasteiger partial charge is 0.264 e. The average Bonchev–Trinajstić information content (AvgIpc) is 3.24. The van der Waals surface area contributed by atoms with Crippen molar-refractivity contribution in [3.05, 3.63) is 47.0 Å². The van der Waals surface area contributed by atoms with Gasteiger partial charge in [-0.1, -0.05) is 0 Å². The Bertz CT molecular complexity index is 912. The Kier molecular flexibility index (Phi) is 4.94. The quantitative estimate of drug-likeness (QED) is 0.615. The Morgan fingerprint density at radius 1 is 1.44 bits per heavy atom. The van der Waals surface area contributed by atoms with Crippen molar-refractivity contribution in [1.29, 1.82) is 0 Å². The van der Waals surface area contributed by atoms with E-state index in [0.717, 1.165) is 0 Å². The summed E-state index contributed by atoms with van der Waals surface area (Å²) in [5, 5.41) is 4.40. The van der Waals surface area contributed by atoms with Crippen molar-refractivity contribution in [3.63, 3.8) is 0 Å². The van der Waals surface area contributed by atoms with Crippen LogP contribution in [0.15, 0.2) is 40.1 Å². The average molecular weight is 345 g/mol. The van der Waals surface area contributed by atoms with E-state index in [2.05, 4.69) is 10.1 Å². The van der Waals surface area contributed by atoms with Crippen molar-refractivity contribution >= 4 is 16.9 Å². The van der Waals surface area contributed by atoms with Crippen molar-refractivity contribution < 1.29 is 13.9 Å². The van der Waals surface area contributed by atoms with E-state index in [1.807, 2.05) is 0 Å². The van der Waals surface area contributed by atoms with E-state index in [1.165, 1.54) is 21.8 Å². The van der Waals surface area contributed by atoms with Gasteiger partial charge < -0.3 is 14.1 Å². The fourth-order valence-electron chi connectivity index (χ4n) is 2.51. The maximum Gasteiger partial charge on any atom is 0.264 e. The molecule has 3 aromatic heterocycles. The zero-order valence-corrected chi connectivity index (χ0v) is 14.1. The lowest BCUT2D eigenvalue weighted by atomic mass is 10.3. The highest BCUT2D eigenvalue weighted by atomic mass is 16.5. The summed E-state index contributed by atoms with van der Waals surface area (Å²) in [4.78, 5) is 30.9. The van der Waals surface area contributed by atoms with Gasteiger partial charge >= 0.3 is 0 Å². The van der Waals surface area contributed by atoms with Crippen LogP contribution in [0.5, 0.6) is 0 Å². The minimum absolute atomic E-state index is 0.110. The lowest BCUT2D eigenvalue weighted by molar-refractivity contribution is -0.133. The number of rotatable bonds is 7.